The van der Waals surface area contributed by atoms with Gasteiger partial charge in [-0.15, -0.1) is 10.2 Å². The fourth-order valence-electron chi connectivity index (χ4n) is 1.72. The quantitative estimate of drug-likeness (QED) is 0.779. The molecule has 4 nitrogen and oxygen atoms in total. The van der Waals surface area contributed by atoms with E-state index in [9.17, 15) is 4.39 Å². The molecule has 0 N–H and O–H groups in total. The highest BCUT2D eigenvalue weighted by Gasteiger charge is 2.16. The van der Waals surface area contributed by atoms with Gasteiger partial charge in [0.1, 0.15) is 11.6 Å². The summed E-state index contributed by atoms with van der Waals surface area (Å²) in [5.74, 6) is 0.779. The number of hydrogen-bond donors (Lipinski definition) is 0. The van der Waals surface area contributed by atoms with Gasteiger partial charge in [-0.2, -0.15) is 0 Å². The first-order valence-electron chi connectivity index (χ1n) is 5.59. The summed E-state index contributed by atoms with van der Waals surface area (Å²) in [5.41, 5.74) is 0.375. The number of benzene rings is 1. The van der Waals surface area contributed by atoms with Crippen LogP contribution in [-0.4, -0.2) is 28.5 Å². The molecule has 0 saturated heterocycles. The van der Waals surface area contributed by atoms with Crippen molar-refractivity contribution in [1.29, 1.82) is 0 Å². The van der Waals surface area contributed by atoms with Crippen molar-refractivity contribution in [2.45, 2.75) is 11.9 Å². The molecule has 1 aromatic carbocycles. The molecule has 102 valence electrons. The van der Waals surface area contributed by atoms with Gasteiger partial charge in [0.05, 0.1) is 17.5 Å². The Labute approximate surface area is 123 Å². The van der Waals surface area contributed by atoms with E-state index in [1.165, 1.54) is 6.07 Å². The Morgan fingerprint density at radius 1 is 1.42 bits per heavy atom. The Bertz CT molecular complexity index is 576. The van der Waals surface area contributed by atoms with E-state index in [1.54, 1.807) is 19.2 Å². The minimum absolute atomic E-state index is 0.352. The fraction of sp³-hybridized carbons (Fsp3) is 0.333. The second-order valence-electron chi connectivity index (χ2n) is 3.84. The molecule has 0 amide bonds. The lowest BCUT2D eigenvalue weighted by Crippen LogP contribution is -2.09. The molecule has 2 rings (SSSR count). The summed E-state index contributed by atoms with van der Waals surface area (Å²) >= 11 is 9.09. The summed E-state index contributed by atoms with van der Waals surface area (Å²) in [6.45, 7) is 1.06. The Hall–Kier alpha value is -0.980. The minimum Gasteiger partial charge on any atom is -0.383 e. The number of hydrogen-bond acceptors (Lipinski definition) is 3. The highest BCUT2D eigenvalue weighted by atomic mass is 79.9. The average molecular weight is 349 g/mol. The number of nitrogens with zero attached hydrogens (tertiary/aromatic N) is 3. The number of halogens is 3. The zero-order valence-electron chi connectivity index (χ0n) is 10.2. The molecule has 0 aliphatic rings. The molecule has 0 saturated carbocycles. The van der Waals surface area contributed by atoms with Gasteiger partial charge in [-0.1, -0.05) is 27.5 Å². The molecule has 1 aromatic heterocycles. The summed E-state index contributed by atoms with van der Waals surface area (Å²) in [4.78, 5) is 0. The van der Waals surface area contributed by atoms with Crippen LogP contribution in [0.15, 0.2) is 18.2 Å². The number of ether oxygens (including phenoxy) is 1. The molecular formula is C12H12BrClFN3O. The Morgan fingerprint density at radius 3 is 2.84 bits per heavy atom. The minimum atomic E-state index is -0.417. The summed E-state index contributed by atoms with van der Waals surface area (Å²) in [6.07, 6.45) is 0. The van der Waals surface area contributed by atoms with Crippen LogP contribution >= 0.6 is 27.5 Å². The van der Waals surface area contributed by atoms with E-state index in [1.807, 2.05) is 4.57 Å². The first kappa shape index (κ1) is 14.4. The molecule has 0 atom stereocenters. The number of rotatable bonds is 5. The van der Waals surface area contributed by atoms with Crippen LogP contribution in [0.4, 0.5) is 4.39 Å². The van der Waals surface area contributed by atoms with Crippen molar-refractivity contribution >= 4 is 27.5 Å². The fourth-order valence-corrected chi connectivity index (χ4v) is 2.30. The molecule has 7 heteroatoms. The van der Waals surface area contributed by atoms with Crippen LogP contribution in [0.5, 0.6) is 0 Å². The average Bonchev–Trinajstić information content (AvgIpc) is 2.79. The molecule has 2 aromatic rings. The van der Waals surface area contributed by atoms with Crippen LogP contribution < -0.4 is 0 Å². The van der Waals surface area contributed by atoms with Gasteiger partial charge in [0, 0.05) is 18.7 Å². The molecule has 0 spiro atoms. The van der Waals surface area contributed by atoms with E-state index >= 15 is 0 Å². The lowest BCUT2D eigenvalue weighted by molar-refractivity contribution is 0.187. The van der Waals surface area contributed by atoms with Crippen LogP contribution in [0.3, 0.4) is 0 Å². The first-order chi connectivity index (χ1) is 9.17. The number of alkyl halides is 1. The smallest absolute Gasteiger partial charge is 0.167 e. The molecule has 0 radical (unpaired) electrons. The van der Waals surface area contributed by atoms with Crippen molar-refractivity contribution in [3.63, 3.8) is 0 Å². The summed E-state index contributed by atoms with van der Waals surface area (Å²) in [7, 11) is 1.61. The van der Waals surface area contributed by atoms with Gasteiger partial charge in [0.2, 0.25) is 0 Å². The van der Waals surface area contributed by atoms with Crippen molar-refractivity contribution in [3.05, 3.63) is 34.9 Å². The van der Waals surface area contributed by atoms with E-state index in [2.05, 4.69) is 26.1 Å². The lowest BCUT2D eigenvalue weighted by Gasteiger charge is -2.09. The van der Waals surface area contributed by atoms with Crippen molar-refractivity contribution in [2.24, 2.45) is 0 Å². The maximum atomic E-state index is 13.9. The van der Waals surface area contributed by atoms with Crippen molar-refractivity contribution in [1.82, 2.24) is 14.8 Å². The predicted molar refractivity (Wildman–Crippen MR) is 74.9 cm³/mol. The van der Waals surface area contributed by atoms with E-state index < -0.39 is 5.82 Å². The van der Waals surface area contributed by atoms with Crippen LogP contribution in [0.1, 0.15) is 5.82 Å². The zero-order chi connectivity index (χ0) is 13.8. The molecule has 0 unspecified atom stereocenters. The van der Waals surface area contributed by atoms with Crippen molar-refractivity contribution in [3.8, 4) is 11.4 Å². The van der Waals surface area contributed by atoms with Gasteiger partial charge in [0.15, 0.2) is 5.82 Å². The lowest BCUT2D eigenvalue weighted by atomic mass is 10.2. The Balaban J connectivity index is 2.46. The van der Waals surface area contributed by atoms with Crippen LogP contribution in [-0.2, 0) is 16.6 Å². The molecule has 0 fully saturated rings. The standard InChI is InChI=1S/C12H12BrClFN3O/c1-19-5-4-18-11(7-13)16-17-12(18)9-3-2-8(14)6-10(9)15/h2-3,6H,4-5,7H2,1H3. The van der Waals surface area contributed by atoms with Gasteiger partial charge < -0.3 is 9.30 Å². The first-order valence-corrected chi connectivity index (χ1v) is 7.09. The number of aromatic nitrogens is 3. The van der Waals surface area contributed by atoms with Gasteiger partial charge in [0.25, 0.3) is 0 Å². The molecule has 19 heavy (non-hydrogen) atoms. The number of methoxy groups -OCH3 is 1. The third-order valence-corrected chi connectivity index (χ3v) is 3.37. The van der Waals surface area contributed by atoms with E-state index in [0.717, 1.165) is 5.82 Å². The normalized spacial score (nSPS) is 10.9. The SMILES string of the molecule is COCCn1c(CBr)nnc1-c1ccc(Cl)cc1F. The largest absolute Gasteiger partial charge is 0.383 e. The van der Waals surface area contributed by atoms with Crippen LogP contribution in [0, 0.1) is 5.82 Å². The monoisotopic (exact) mass is 347 g/mol. The predicted octanol–water partition coefficient (Wildman–Crippen LogP) is 3.28. The summed E-state index contributed by atoms with van der Waals surface area (Å²) in [5, 5.41) is 8.98. The maximum Gasteiger partial charge on any atom is 0.167 e. The molecular weight excluding hydrogens is 337 g/mol. The van der Waals surface area contributed by atoms with Gasteiger partial charge >= 0.3 is 0 Å². The van der Waals surface area contributed by atoms with Crippen LogP contribution in [0.2, 0.25) is 5.02 Å². The van der Waals surface area contributed by atoms with Gasteiger partial charge in [-0.05, 0) is 18.2 Å². The van der Waals surface area contributed by atoms with Gasteiger partial charge in [-0.25, -0.2) is 4.39 Å². The third kappa shape index (κ3) is 3.13. The zero-order valence-corrected chi connectivity index (χ0v) is 12.6. The Morgan fingerprint density at radius 2 is 2.21 bits per heavy atom. The van der Waals surface area contributed by atoms with Crippen molar-refractivity contribution < 1.29 is 9.13 Å². The molecule has 0 aliphatic heterocycles. The highest BCUT2D eigenvalue weighted by molar-refractivity contribution is 9.08. The van der Waals surface area contributed by atoms with E-state index in [-0.39, 0.29) is 0 Å². The molecule has 1 heterocycles. The topological polar surface area (TPSA) is 39.9 Å². The van der Waals surface area contributed by atoms with E-state index in [4.69, 9.17) is 16.3 Å². The van der Waals surface area contributed by atoms with Crippen LogP contribution in [0.25, 0.3) is 11.4 Å². The molecule has 0 bridgehead atoms. The van der Waals surface area contributed by atoms with Gasteiger partial charge in [-0.3, -0.25) is 0 Å². The second-order valence-corrected chi connectivity index (χ2v) is 4.84. The second kappa shape index (κ2) is 6.45. The molecule has 0 aliphatic carbocycles. The Kier molecular flexibility index (Phi) is 4.90. The summed E-state index contributed by atoms with van der Waals surface area (Å²) in [6, 6.07) is 4.49. The third-order valence-electron chi connectivity index (χ3n) is 2.64. The van der Waals surface area contributed by atoms with Crippen molar-refractivity contribution in [2.75, 3.05) is 13.7 Å². The highest BCUT2D eigenvalue weighted by Crippen LogP contribution is 2.25. The summed E-state index contributed by atoms with van der Waals surface area (Å²) < 4.78 is 20.8. The van der Waals surface area contributed by atoms with E-state index in [0.29, 0.717) is 34.9 Å². The maximum absolute atomic E-state index is 13.9.